The summed E-state index contributed by atoms with van der Waals surface area (Å²) >= 11 is 14.1. The number of benzene rings is 2. The van der Waals surface area contributed by atoms with Crippen LogP contribution in [0.5, 0.6) is 11.5 Å². The molecule has 2 unspecified atom stereocenters. The first-order valence-electron chi connectivity index (χ1n) is 17.8. The molecule has 2 aromatic carbocycles. The highest BCUT2D eigenvalue weighted by Gasteiger charge is 2.17. The summed E-state index contributed by atoms with van der Waals surface area (Å²) in [5.74, 6) is 1.06. The Bertz CT molecular complexity index is 2170. The molecule has 2 aliphatic heterocycles. The molecule has 12 heteroatoms. The Kier molecular flexibility index (Phi) is 11.8. The van der Waals surface area contributed by atoms with Crippen LogP contribution >= 0.6 is 23.2 Å². The fourth-order valence-electron chi connectivity index (χ4n) is 6.23. The van der Waals surface area contributed by atoms with Gasteiger partial charge in [0.15, 0.2) is 12.6 Å². The standard InChI is InChI=1S/C42H40Cl2N4O6/c1-3-51-23-21-37(49)53-27-9-5-25(6-10-27)39-29-13-17-33(45-29)41(43)35-19-15-31(47-35)40(26-7-11-28(12-8-26)54-38(50)22-24-52-4-2)32-16-20-36(48-32)42(44)34-18-14-30(39)46-34/h5-20,37-38,45,48-50H,3-4,21-24H2,1-2H3. The Labute approximate surface area is 322 Å². The van der Waals surface area contributed by atoms with Gasteiger partial charge < -0.3 is 39.1 Å². The van der Waals surface area contributed by atoms with Crippen molar-refractivity contribution in [1.29, 1.82) is 0 Å². The van der Waals surface area contributed by atoms with Gasteiger partial charge in [-0.3, -0.25) is 0 Å². The van der Waals surface area contributed by atoms with Crippen molar-refractivity contribution in [3.63, 3.8) is 0 Å². The van der Waals surface area contributed by atoms with Gasteiger partial charge in [-0.1, -0.05) is 47.5 Å². The molecule has 0 fully saturated rings. The number of hydrogen-bond acceptors (Lipinski definition) is 8. The highest BCUT2D eigenvalue weighted by molar-refractivity contribution is 6.36. The van der Waals surface area contributed by atoms with Crippen LogP contribution in [0.25, 0.3) is 68.6 Å². The van der Waals surface area contributed by atoms with Crippen LogP contribution in [0, 0.1) is 0 Å². The van der Waals surface area contributed by atoms with Crippen molar-refractivity contribution in [2.24, 2.45) is 0 Å². The van der Waals surface area contributed by atoms with Gasteiger partial charge in [0, 0.05) is 48.2 Å². The van der Waals surface area contributed by atoms with Crippen molar-refractivity contribution in [2.75, 3.05) is 26.4 Å². The number of fused-ring (bicyclic) bond motifs is 8. The fourth-order valence-corrected chi connectivity index (χ4v) is 6.66. The fraction of sp³-hybridized carbons (Fsp3) is 0.238. The summed E-state index contributed by atoms with van der Waals surface area (Å²) in [6.07, 6.45) is 6.40. The van der Waals surface area contributed by atoms with Crippen LogP contribution in [0.2, 0.25) is 10.0 Å². The third kappa shape index (κ3) is 8.39. The molecule has 0 saturated heterocycles. The van der Waals surface area contributed by atoms with E-state index in [0.29, 0.717) is 94.6 Å². The van der Waals surface area contributed by atoms with Crippen LogP contribution in [0.4, 0.5) is 0 Å². The zero-order valence-electron chi connectivity index (χ0n) is 29.8. The van der Waals surface area contributed by atoms with Gasteiger partial charge in [0.1, 0.15) is 11.5 Å². The van der Waals surface area contributed by atoms with E-state index in [4.69, 9.17) is 52.1 Å². The third-order valence-electron chi connectivity index (χ3n) is 8.88. The summed E-state index contributed by atoms with van der Waals surface area (Å²) in [5.41, 5.74) is 8.90. The van der Waals surface area contributed by atoms with E-state index in [1.807, 2.05) is 111 Å². The zero-order chi connectivity index (χ0) is 37.6. The smallest absolute Gasteiger partial charge is 0.199 e. The number of aliphatic hydroxyl groups is 2. The summed E-state index contributed by atoms with van der Waals surface area (Å²) < 4.78 is 22.1. The summed E-state index contributed by atoms with van der Waals surface area (Å²) in [4.78, 5) is 17.0. The van der Waals surface area contributed by atoms with E-state index in [1.54, 1.807) is 0 Å². The van der Waals surface area contributed by atoms with Crippen molar-refractivity contribution in [3.8, 4) is 33.8 Å². The highest BCUT2D eigenvalue weighted by Crippen LogP contribution is 2.36. The predicted molar refractivity (Wildman–Crippen MR) is 215 cm³/mol. The Balaban J connectivity index is 1.33. The molecular formula is C42H40Cl2N4O6. The van der Waals surface area contributed by atoms with E-state index >= 15 is 0 Å². The van der Waals surface area contributed by atoms with E-state index in [1.165, 1.54) is 0 Å². The first-order chi connectivity index (χ1) is 26.3. The quantitative estimate of drug-likeness (QED) is 0.0635. The maximum Gasteiger partial charge on any atom is 0.199 e. The van der Waals surface area contributed by atoms with Crippen molar-refractivity contribution < 1.29 is 29.2 Å². The molecule has 4 N–H and O–H groups in total. The van der Waals surface area contributed by atoms with Gasteiger partial charge in [-0.25, -0.2) is 9.97 Å². The highest BCUT2D eigenvalue weighted by atomic mass is 35.5. The summed E-state index contributed by atoms with van der Waals surface area (Å²) in [7, 11) is 0. The normalized spacial score (nSPS) is 13.3. The van der Waals surface area contributed by atoms with E-state index in [9.17, 15) is 10.2 Å². The maximum atomic E-state index is 10.3. The Morgan fingerprint density at radius 2 is 0.907 bits per heavy atom. The summed E-state index contributed by atoms with van der Waals surface area (Å²) in [5, 5.41) is 21.5. The van der Waals surface area contributed by atoms with Crippen LogP contribution < -0.4 is 9.47 Å². The van der Waals surface area contributed by atoms with E-state index in [2.05, 4.69) is 9.97 Å². The van der Waals surface area contributed by atoms with Gasteiger partial charge in [-0.15, -0.1) is 0 Å². The van der Waals surface area contributed by atoms with Crippen molar-refractivity contribution >= 4 is 69.6 Å². The molecule has 3 aromatic heterocycles. The number of aliphatic hydroxyl groups excluding tert-OH is 2. The molecular weight excluding hydrogens is 727 g/mol. The molecule has 7 rings (SSSR count). The molecule has 2 aliphatic rings. The van der Waals surface area contributed by atoms with Gasteiger partial charge in [0.2, 0.25) is 0 Å². The molecule has 8 bridgehead atoms. The maximum absolute atomic E-state index is 10.3. The lowest BCUT2D eigenvalue weighted by molar-refractivity contribution is -0.0409. The molecule has 0 aliphatic carbocycles. The number of aromatic amines is 2. The molecule has 2 atom stereocenters. The number of nitrogens with one attached hydrogen (secondary N) is 2. The lowest BCUT2D eigenvalue weighted by Crippen LogP contribution is -2.17. The minimum absolute atomic E-state index is 0.360. The number of halogens is 2. The van der Waals surface area contributed by atoms with Gasteiger partial charge in [-0.2, -0.15) is 0 Å². The second kappa shape index (κ2) is 17.0. The van der Waals surface area contributed by atoms with E-state index in [0.717, 1.165) is 33.3 Å². The van der Waals surface area contributed by atoms with Gasteiger partial charge in [0.25, 0.3) is 0 Å². The van der Waals surface area contributed by atoms with E-state index in [-0.39, 0.29) is 0 Å². The minimum atomic E-state index is -0.984. The Morgan fingerprint density at radius 1 is 0.537 bits per heavy atom. The molecule has 5 aromatic rings. The molecule has 0 radical (unpaired) electrons. The molecule has 10 nitrogen and oxygen atoms in total. The van der Waals surface area contributed by atoms with Crippen LogP contribution in [0.15, 0.2) is 72.8 Å². The second-order valence-electron chi connectivity index (χ2n) is 12.5. The van der Waals surface area contributed by atoms with Crippen LogP contribution in [0.3, 0.4) is 0 Å². The SMILES string of the molecule is CCOCCC(O)Oc1ccc(-c2c3nc(c(Cl)c4ccc([nH]4)c(-c4ccc(OC(O)CCOCC)cc4)c4nc(c(Cl)c5ccc2[nH]5)C=C4)C=C3)cc1. The molecule has 5 heterocycles. The van der Waals surface area contributed by atoms with E-state index < -0.39 is 12.6 Å². The number of hydrogen-bond donors (Lipinski definition) is 4. The number of nitrogens with zero attached hydrogens (tertiary/aromatic N) is 2. The lowest BCUT2D eigenvalue weighted by Gasteiger charge is -2.14. The number of ether oxygens (including phenoxy) is 4. The molecule has 54 heavy (non-hydrogen) atoms. The average molecular weight is 768 g/mol. The topological polar surface area (TPSA) is 135 Å². The van der Waals surface area contributed by atoms with Gasteiger partial charge >= 0.3 is 0 Å². The molecule has 0 saturated carbocycles. The monoisotopic (exact) mass is 766 g/mol. The first kappa shape index (κ1) is 37.4. The number of rotatable bonds is 14. The Morgan fingerprint density at radius 3 is 1.30 bits per heavy atom. The van der Waals surface area contributed by atoms with Crippen molar-refractivity contribution in [2.45, 2.75) is 39.3 Å². The third-order valence-corrected chi connectivity index (χ3v) is 9.68. The van der Waals surface area contributed by atoms with Crippen LogP contribution in [-0.4, -0.2) is 69.2 Å². The van der Waals surface area contributed by atoms with Crippen LogP contribution in [-0.2, 0) is 9.47 Å². The average Bonchev–Trinajstić information content (AvgIpc) is 4.02. The number of aromatic nitrogens is 4. The summed E-state index contributed by atoms with van der Waals surface area (Å²) in [6.45, 7) is 5.79. The van der Waals surface area contributed by atoms with Crippen molar-refractivity contribution in [1.82, 2.24) is 19.9 Å². The molecule has 0 amide bonds. The first-order valence-corrected chi connectivity index (χ1v) is 18.6. The van der Waals surface area contributed by atoms with Gasteiger partial charge in [-0.05, 0) is 97.8 Å². The number of H-pyrrole nitrogens is 2. The zero-order valence-corrected chi connectivity index (χ0v) is 31.3. The second-order valence-corrected chi connectivity index (χ2v) is 13.3. The molecule has 278 valence electrons. The van der Waals surface area contributed by atoms with Crippen LogP contribution in [0.1, 0.15) is 49.5 Å². The largest absolute Gasteiger partial charge is 0.465 e. The Hall–Kier alpha value is -4.94. The van der Waals surface area contributed by atoms with Crippen molar-refractivity contribution in [3.05, 3.63) is 106 Å². The minimum Gasteiger partial charge on any atom is -0.465 e. The lowest BCUT2D eigenvalue weighted by atomic mass is 10.0. The predicted octanol–water partition coefficient (Wildman–Crippen LogP) is 9.54. The van der Waals surface area contributed by atoms with Gasteiger partial charge in [0.05, 0.1) is 57.1 Å². The molecule has 0 spiro atoms. The summed E-state index contributed by atoms with van der Waals surface area (Å²) in [6, 6.07) is 22.7.